The Morgan fingerprint density at radius 3 is 1.88 bits per heavy atom. The Labute approximate surface area is 191 Å². The Bertz CT molecular complexity index is 674. The van der Waals surface area contributed by atoms with Crippen LogP contribution in [0.4, 0.5) is 0 Å². The van der Waals surface area contributed by atoms with E-state index >= 15 is 0 Å². The molecule has 32 heavy (non-hydrogen) atoms. The Balaban J connectivity index is 5.44. The van der Waals surface area contributed by atoms with Gasteiger partial charge in [0.1, 0.15) is 18.1 Å². The third kappa shape index (κ3) is 10.8. The minimum absolute atomic E-state index is 0.132. The second kappa shape index (κ2) is 14.6. The summed E-state index contributed by atoms with van der Waals surface area (Å²) in [6.45, 7) is 4.61. The predicted octanol–water partition coefficient (Wildman–Crippen LogP) is -1.49. The van der Waals surface area contributed by atoms with Crippen LogP contribution in [0.15, 0.2) is 0 Å². The summed E-state index contributed by atoms with van der Waals surface area (Å²) in [5, 5.41) is 35.1. The summed E-state index contributed by atoms with van der Waals surface area (Å²) in [6.07, 6.45) is -0.222. The van der Waals surface area contributed by atoms with Crippen molar-refractivity contribution in [2.45, 2.75) is 70.3 Å². The lowest BCUT2D eigenvalue weighted by Gasteiger charge is -2.26. The number of nitrogens with two attached hydrogens (primary N) is 1. The molecule has 0 rings (SSSR count). The molecular weight excluding hydrogens is 444 g/mol. The van der Waals surface area contributed by atoms with E-state index in [2.05, 4.69) is 16.0 Å². The number of thioether (sulfide) groups is 1. The topological polar surface area (TPSA) is 208 Å². The average Bonchev–Trinajstić information content (AvgIpc) is 2.70. The van der Waals surface area contributed by atoms with Gasteiger partial charge in [0, 0.05) is 6.42 Å². The van der Waals surface area contributed by atoms with Crippen LogP contribution in [-0.2, 0) is 24.0 Å². The van der Waals surface area contributed by atoms with Crippen molar-refractivity contribution in [3.8, 4) is 0 Å². The largest absolute Gasteiger partial charge is 0.481 e. The van der Waals surface area contributed by atoms with Crippen molar-refractivity contribution in [2.24, 2.45) is 11.7 Å². The molecule has 0 saturated heterocycles. The zero-order valence-electron chi connectivity index (χ0n) is 18.7. The molecule has 0 aliphatic rings. The van der Waals surface area contributed by atoms with E-state index in [0.717, 1.165) is 0 Å². The maximum absolute atomic E-state index is 12.7. The Morgan fingerprint density at radius 2 is 1.44 bits per heavy atom. The number of hydrogen-bond donors (Lipinski definition) is 7. The third-order valence-corrected chi connectivity index (χ3v) is 5.23. The van der Waals surface area contributed by atoms with E-state index in [-0.39, 0.29) is 18.8 Å². The standard InChI is InChI=1S/C19H34N4O8S/c1-9(2)14(20)17(28)21-11(5-6-13(25)26)16(27)23-15(10(3)24)18(29)22-12(19(30)31)7-8-32-4/h9-12,14-15,24H,5-8,20H2,1-4H3,(H,21,28)(H,22,29)(H,23,27)(H,25,26)(H,30,31). The van der Waals surface area contributed by atoms with Gasteiger partial charge in [0.2, 0.25) is 17.7 Å². The molecule has 13 heteroatoms. The number of amides is 3. The molecule has 8 N–H and O–H groups in total. The fraction of sp³-hybridized carbons (Fsp3) is 0.737. The number of hydrogen-bond acceptors (Lipinski definition) is 8. The minimum Gasteiger partial charge on any atom is -0.481 e. The van der Waals surface area contributed by atoms with Gasteiger partial charge in [0.25, 0.3) is 0 Å². The van der Waals surface area contributed by atoms with Crippen LogP contribution in [-0.4, -0.2) is 87.3 Å². The van der Waals surface area contributed by atoms with Crippen LogP contribution in [0, 0.1) is 5.92 Å². The second-order valence-electron chi connectivity index (χ2n) is 7.67. The number of aliphatic carboxylic acids is 2. The molecule has 5 atom stereocenters. The summed E-state index contributed by atoms with van der Waals surface area (Å²) in [4.78, 5) is 59.8. The first-order chi connectivity index (χ1) is 14.8. The Hall–Kier alpha value is -2.38. The molecular formula is C19H34N4O8S. The van der Waals surface area contributed by atoms with Crippen LogP contribution in [0.3, 0.4) is 0 Å². The van der Waals surface area contributed by atoms with Crippen molar-refractivity contribution >= 4 is 41.4 Å². The highest BCUT2D eigenvalue weighted by Crippen LogP contribution is 2.06. The van der Waals surface area contributed by atoms with Gasteiger partial charge in [-0.15, -0.1) is 0 Å². The molecule has 0 fully saturated rings. The van der Waals surface area contributed by atoms with Crippen molar-refractivity contribution in [2.75, 3.05) is 12.0 Å². The molecule has 0 radical (unpaired) electrons. The van der Waals surface area contributed by atoms with E-state index in [4.69, 9.17) is 10.8 Å². The normalized spacial score (nSPS) is 15.7. The highest BCUT2D eigenvalue weighted by molar-refractivity contribution is 7.98. The van der Waals surface area contributed by atoms with E-state index in [0.29, 0.717) is 5.75 Å². The quantitative estimate of drug-likeness (QED) is 0.145. The van der Waals surface area contributed by atoms with Crippen molar-refractivity contribution in [1.29, 1.82) is 0 Å². The number of nitrogens with one attached hydrogen (secondary N) is 3. The molecule has 0 aromatic carbocycles. The molecule has 0 saturated carbocycles. The second-order valence-corrected chi connectivity index (χ2v) is 8.66. The molecule has 0 heterocycles. The molecule has 5 unspecified atom stereocenters. The summed E-state index contributed by atoms with van der Waals surface area (Å²) < 4.78 is 0. The number of rotatable bonds is 15. The average molecular weight is 479 g/mol. The first kappa shape index (κ1) is 29.6. The SMILES string of the molecule is CSCCC(NC(=O)C(NC(=O)C(CCC(=O)O)NC(=O)C(N)C(C)C)C(C)O)C(=O)O. The fourth-order valence-electron chi connectivity index (χ4n) is 2.52. The first-order valence-electron chi connectivity index (χ1n) is 10.1. The maximum atomic E-state index is 12.7. The van der Waals surface area contributed by atoms with Gasteiger partial charge in [-0.3, -0.25) is 19.2 Å². The maximum Gasteiger partial charge on any atom is 0.326 e. The van der Waals surface area contributed by atoms with Gasteiger partial charge in [-0.05, 0) is 37.7 Å². The van der Waals surface area contributed by atoms with Crippen molar-refractivity contribution in [1.82, 2.24) is 16.0 Å². The summed E-state index contributed by atoms with van der Waals surface area (Å²) in [6, 6.07) is -5.02. The zero-order chi connectivity index (χ0) is 25.0. The highest BCUT2D eigenvalue weighted by atomic mass is 32.2. The Morgan fingerprint density at radius 1 is 0.875 bits per heavy atom. The van der Waals surface area contributed by atoms with E-state index < -0.39 is 66.4 Å². The molecule has 0 aliphatic heterocycles. The zero-order valence-corrected chi connectivity index (χ0v) is 19.5. The third-order valence-electron chi connectivity index (χ3n) is 4.59. The van der Waals surface area contributed by atoms with Crippen LogP contribution in [0.2, 0.25) is 0 Å². The number of carboxylic acid groups (broad SMARTS) is 2. The monoisotopic (exact) mass is 478 g/mol. The van der Waals surface area contributed by atoms with Crippen LogP contribution in [0.5, 0.6) is 0 Å². The van der Waals surface area contributed by atoms with Gasteiger partial charge in [-0.1, -0.05) is 13.8 Å². The predicted molar refractivity (Wildman–Crippen MR) is 118 cm³/mol. The van der Waals surface area contributed by atoms with Crippen LogP contribution >= 0.6 is 11.8 Å². The molecule has 0 aromatic heterocycles. The Kier molecular flexibility index (Phi) is 13.5. The molecule has 0 spiro atoms. The number of aliphatic hydroxyl groups excluding tert-OH is 1. The summed E-state index contributed by atoms with van der Waals surface area (Å²) in [5.74, 6) is -4.76. The lowest BCUT2D eigenvalue weighted by Crippen LogP contribution is -2.60. The summed E-state index contributed by atoms with van der Waals surface area (Å²) in [7, 11) is 0. The highest BCUT2D eigenvalue weighted by Gasteiger charge is 2.33. The molecule has 184 valence electrons. The lowest BCUT2D eigenvalue weighted by molar-refractivity contribution is -0.143. The van der Waals surface area contributed by atoms with Crippen molar-refractivity contribution < 1.29 is 39.3 Å². The fourth-order valence-corrected chi connectivity index (χ4v) is 2.99. The summed E-state index contributed by atoms with van der Waals surface area (Å²) in [5.41, 5.74) is 5.76. The lowest BCUT2D eigenvalue weighted by atomic mass is 10.0. The first-order valence-corrected chi connectivity index (χ1v) is 11.5. The van der Waals surface area contributed by atoms with Gasteiger partial charge in [0.15, 0.2) is 0 Å². The van der Waals surface area contributed by atoms with E-state index in [1.165, 1.54) is 18.7 Å². The molecule has 0 bridgehead atoms. The van der Waals surface area contributed by atoms with Gasteiger partial charge >= 0.3 is 11.9 Å². The smallest absolute Gasteiger partial charge is 0.326 e. The number of aliphatic hydroxyl groups is 1. The van der Waals surface area contributed by atoms with E-state index in [1.54, 1.807) is 20.1 Å². The van der Waals surface area contributed by atoms with E-state index in [9.17, 15) is 34.2 Å². The summed E-state index contributed by atoms with van der Waals surface area (Å²) >= 11 is 1.39. The number of carbonyl (C=O) groups is 5. The molecule has 0 aliphatic carbocycles. The van der Waals surface area contributed by atoms with E-state index in [1.807, 2.05) is 0 Å². The number of carboxylic acids is 2. The van der Waals surface area contributed by atoms with Crippen LogP contribution in [0.1, 0.15) is 40.0 Å². The van der Waals surface area contributed by atoms with Gasteiger partial charge in [-0.2, -0.15) is 11.8 Å². The van der Waals surface area contributed by atoms with Crippen LogP contribution in [0.25, 0.3) is 0 Å². The molecule has 3 amide bonds. The van der Waals surface area contributed by atoms with Crippen LogP contribution < -0.4 is 21.7 Å². The van der Waals surface area contributed by atoms with Gasteiger partial charge in [0.05, 0.1) is 12.1 Å². The minimum atomic E-state index is -1.53. The van der Waals surface area contributed by atoms with Crippen molar-refractivity contribution in [3.05, 3.63) is 0 Å². The molecule has 12 nitrogen and oxygen atoms in total. The van der Waals surface area contributed by atoms with Crippen molar-refractivity contribution in [3.63, 3.8) is 0 Å². The van der Waals surface area contributed by atoms with Gasteiger partial charge in [-0.25, -0.2) is 4.79 Å². The van der Waals surface area contributed by atoms with Gasteiger partial charge < -0.3 is 37.0 Å². The number of carbonyl (C=O) groups excluding carboxylic acids is 3. The molecule has 0 aromatic rings.